The molecule has 3 atom stereocenters. The zero-order valence-corrected chi connectivity index (χ0v) is 14.2. The van der Waals surface area contributed by atoms with Crippen LogP contribution in [0, 0.1) is 12.8 Å². The highest BCUT2D eigenvalue weighted by Gasteiger charge is 2.49. The molecule has 1 aromatic rings. The Hall–Kier alpha value is -1.53. The molecular weight excluding hydrogens is 312 g/mol. The van der Waals surface area contributed by atoms with Crippen LogP contribution in [0.1, 0.15) is 24.5 Å². The number of aryl methyl sites for hydroxylation is 1. The zero-order valence-electron chi connectivity index (χ0n) is 13.4. The molecule has 6 heteroatoms. The Labute approximate surface area is 140 Å². The number of rotatable bonds is 3. The third-order valence-corrected chi connectivity index (χ3v) is 6.34. The van der Waals surface area contributed by atoms with Crippen molar-refractivity contribution in [3.05, 3.63) is 35.4 Å². The summed E-state index contributed by atoms with van der Waals surface area (Å²) in [4.78, 5) is 26.8. The molecule has 2 saturated heterocycles. The molecule has 5 nitrogen and oxygen atoms in total. The molecule has 0 bridgehead atoms. The number of carbonyl (C=O) groups excluding carboxylic acids is 2. The van der Waals surface area contributed by atoms with E-state index < -0.39 is 11.3 Å². The van der Waals surface area contributed by atoms with Gasteiger partial charge in [-0.05, 0) is 25.8 Å². The first kappa shape index (κ1) is 16.3. The average molecular weight is 334 g/mol. The van der Waals surface area contributed by atoms with E-state index in [-0.39, 0.29) is 17.9 Å². The van der Waals surface area contributed by atoms with Gasteiger partial charge in [0.15, 0.2) is 0 Å². The summed E-state index contributed by atoms with van der Waals surface area (Å²) < 4.78 is 0. The van der Waals surface area contributed by atoms with Crippen molar-refractivity contribution in [2.45, 2.75) is 31.7 Å². The fraction of sp³-hybridized carbons (Fsp3) is 0.529. The van der Waals surface area contributed by atoms with Gasteiger partial charge in [-0.25, -0.2) is 5.48 Å². The van der Waals surface area contributed by atoms with E-state index in [9.17, 15) is 9.59 Å². The molecule has 124 valence electrons. The van der Waals surface area contributed by atoms with Crippen molar-refractivity contribution in [3.8, 4) is 0 Å². The maximum atomic E-state index is 13.1. The molecule has 2 heterocycles. The predicted molar refractivity (Wildman–Crippen MR) is 89.4 cm³/mol. The molecule has 0 radical (unpaired) electrons. The number of nitrogens with zero attached hydrogens (tertiary/aromatic N) is 1. The number of benzene rings is 1. The van der Waals surface area contributed by atoms with Crippen molar-refractivity contribution < 1.29 is 14.8 Å². The molecule has 2 N–H and O–H groups in total. The molecule has 0 spiro atoms. The summed E-state index contributed by atoms with van der Waals surface area (Å²) in [5.41, 5.74) is 3.42. The van der Waals surface area contributed by atoms with Gasteiger partial charge in [-0.1, -0.05) is 29.8 Å². The fourth-order valence-corrected chi connectivity index (χ4v) is 4.98. The minimum absolute atomic E-state index is 0.0876. The van der Waals surface area contributed by atoms with Gasteiger partial charge in [0.25, 0.3) is 0 Å². The summed E-state index contributed by atoms with van der Waals surface area (Å²) in [5, 5.41) is 8.92. The Balaban J connectivity index is 1.83. The minimum atomic E-state index is -0.527. The van der Waals surface area contributed by atoms with E-state index in [1.54, 1.807) is 17.2 Å². The van der Waals surface area contributed by atoms with E-state index >= 15 is 0 Å². The summed E-state index contributed by atoms with van der Waals surface area (Å²) in [6.45, 7) is 4.68. The van der Waals surface area contributed by atoms with Crippen molar-refractivity contribution in [1.29, 1.82) is 0 Å². The molecule has 23 heavy (non-hydrogen) atoms. The zero-order chi connectivity index (χ0) is 16.6. The number of hydrogen-bond donors (Lipinski definition) is 2. The first-order valence-electron chi connectivity index (χ1n) is 7.87. The molecule has 1 aromatic carbocycles. The second-order valence-corrected chi connectivity index (χ2v) is 7.71. The Morgan fingerprint density at radius 3 is 2.70 bits per heavy atom. The highest BCUT2D eigenvalue weighted by Crippen LogP contribution is 2.40. The summed E-state index contributed by atoms with van der Waals surface area (Å²) in [5.74, 6) is 0.742. The van der Waals surface area contributed by atoms with Crippen LogP contribution in [0.25, 0.3) is 0 Å². The van der Waals surface area contributed by atoms with Gasteiger partial charge >= 0.3 is 0 Å². The van der Waals surface area contributed by atoms with Crippen LogP contribution in [-0.2, 0) is 15.0 Å². The van der Waals surface area contributed by atoms with Crippen molar-refractivity contribution >= 4 is 23.6 Å². The van der Waals surface area contributed by atoms with E-state index in [0.717, 1.165) is 17.7 Å². The minimum Gasteiger partial charge on any atom is -0.337 e. The second kappa shape index (κ2) is 6.17. The third kappa shape index (κ3) is 2.74. The SMILES string of the molecule is Cc1ccc(C2(C)CCN(C3CSCC3C(=O)NO)C2=O)cc1. The summed E-state index contributed by atoms with van der Waals surface area (Å²) >= 11 is 1.65. The second-order valence-electron chi connectivity index (χ2n) is 6.63. The molecule has 2 fully saturated rings. The van der Waals surface area contributed by atoms with Gasteiger partial charge in [0.1, 0.15) is 0 Å². The van der Waals surface area contributed by atoms with Crippen LogP contribution in [-0.4, -0.2) is 46.0 Å². The van der Waals surface area contributed by atoms with Gasteiger partial charge in [-0.3, -0.25) is 14.8 Å². The number of likely N-dealkylation sites (tertiary alicyclic amines) is 1. The number of nitrogens with one attached hydrogen (secondary N) is 1. The average Bonchev–Trinajstić information content (AvgIpc) is 3.14. The van der Waals surface area contributed by atoms with Gasteiger partial charge in [0.05, 0.1) is 17.4 Å². The van der Waals surface area contributed by atoms with Gasteiger partial charge < -0.3 is 4.90 Å². The molecule has 3 unspecified atom stereocenters. The first-order chi connectivity index (χ1) is 11.0. The topological polar surface area (TPSA) is 69.6 Å². The molecule has 0 aromatic heterocycles. The lowest BCUT2D eigenvalue weighted by Crippen LogP contribution is -2.48. The van der Waals surface area contributed by atoms with E-state index in [2.05, 4.69) is 0 Å². The molecule has 2 aliphatic heterocycles. The molecular formula is C17H22N2O3S. The first-order valence-corrected chi connectivity index (χ1v) is 9.03. The van der Waals surface area contributed by atoms with E-state index in [1.165, 1.54) is 5.56 Å². The third-order valence-electron chi connectivity index (χ3n) is 5.17. The summed E-state index contributed by atoms with van der Waals surface area (Å²) in [7, 11) is 0. The maximum absolute atomic E-state index is 13.1. The van der Waals surface area contributed by atoms with E-state index in [4.69, 9.17) is 5.21 Å². The molecule has 2 aliphatic rings. The monoisotopic (exact) mass is 334 g/mol. The largest absolute Gasteiger partial charge is 0.337 e. The number of amides is 2. The van der Waals surface area contributed by atoms with Crippen molar-refractivity contribution in [3.63, 3.8) is 0 Å². The van der Waals surface area contributed by atoms with Crippen LogP contribution < -0.4 is 5.48 Å². The normalized spacial score (nSPS) is 30.7. The van der Waals surface area contributed by atoms with Crippen LogP contribution in [0.3, 0.4) is 0 Å². The van der Waals surface area contributed by atoms with Crippen LogP contribution in [0.15, 0.2) is 24.3 Å². The number of hydroxylamine groups is 1. The van der Waals surface area contributed by atoms with Gasteiger partial charge in [0, 0.05) is 18.1 Å². The van der Waals surface area contributed by atoms with Crippen LogP contribution in [0.4, 0.5) is 0 Å². The predicted octanol–water partition coefficient (Wildman–Crippen LogP) is 1.72. The van der Waals surface area contributed by atoms with Gasteiger partial charge in [-0.2, -0.15) is 11.8 Å². The van der Waals surface area contributed by atoms with Crippen LogP contribution in [0.2, 0.25) is 0 Å². The summed E-state index contributed by atoms with van der Waals surface area (Å²) in [6.07, 6.45) is 0.753. The van der Waals surface area contributed by atoms with E-state index in [1.807, 2.05) is 43.0 Å². The Bertz CT molecular complexity index is 619. The Kier molecular flexibility index (Phi) is 4.38. The molecule has 3 rings (SSSR count). The van der Waals surface area contributed by atoms with Crippen LogP contribution in [0.5, 0.6) is 0 Å². The lowest BCUT2D eigenvalue weighted by Gasteiger charge is -2.30. The Morgan fingerprint density at radius 1 is 1.35 bits per heavy atom. The Morgan fingerprint density at radius 2 is 2.04 bits per heavy atom. The van der Waals surface area contributed by atoms with Crippen molar-refractivity contribution in [2.75, 3.05) is 18.1 Å². The smallest absolute Gasteiger partial charge is 0.249 e. The quantitative estimate of drug-likeness (QED) is 0.652. The van der Waals surface area contributed by atoms with Crippen molar-refractivity contribution in [2.24, 2.45) is 5.92 Å². The fourth-order valence-electron chi connectivity index (χ4n) is 3.56. The number of thioether (sulfide) groups is 1. The van der Waals surface area contributed by atoms with Crippen molar-refractivity contribution in [1.82, 2.24) is 10.4 Å². The van der Waals surface area contributed by atoms with E-state index in [0.29, 0.717) is 12.3 Å². The lowest BCUT2D eigenvalue weighted by molar-refractivity contribution is -0.138. The molecule has 2 amide bonds. The highest BCUT2D eigenvalue weighted by atomic mass is 32.2. The molecule has 0 saturated carbocycles. The lowest BCUT2D eigenvalue weighted by atomic mass is 9.81. The number of hydrogen-bond acceptors (Lipinski definition) is 4. The summed E-state index contributed by atoms with van der Waals surface area (Å²) in [6, 6.07) is 7.98. The van der Waals surface area contributed by atoms with Crippen LogP contribution >= 0.6 is 11.8 Å². The standard InChI is InChI=1S/C17H22N2O3S/c1-11-3-5-12(6-4-11)17(2)7-8-19(16(17)21)14-10-23-9-13(14)15(20)18-22/h3-6,13-14,22H,7-10H2,1-2H3,(H,18,20). The highest BCUT2D eigenvalue weighted by molar-refractivity contribution is 7.99. The number of carbonyl (C=O) groups is 2. The maximum Gasteiger partial charge on any atom is 0.249 e. The van der Waals surface area contributed by atoms with Gasteiger partial charge in [0.2, 0.25) is 11.8 Å². The molecule has 0 aliphatic carbocycles. The van der Waals surface area contributed by atoms with Gasteiger partial charge in [-0.15, -0.1) is 0 Å².